The van der Waals surface area contributed by atoms with Crippen LogP contribution in [0.2, 0.25) is 0 Å². The van der Waals surface area contributed by atoms with E-state index in [2.05, 4.69) is 15.5 Å². The lowest BCUT2D eigenvalue weighted by molar-refractivity contribution is -0.121. The number of amides is 1. The summed E-state index contributed by atoms with van der Waals surface area (Å²) in [6.45, 7) is 5.66. The van der Waals surface area contributed by atoms with Crippen LogP contribution in [0.5, 0.6) is 0 Å². The first-order valence-corrected chi connectivity index (χ1v) is 12.1. The molecule has 0 aliphatic carbocycles. The summed E-state index contributed by atoms with van der Waals surface area (Å²) < 4.78 is 0. The molecular weight excluding hydrogens is 334 g/mol. The summed E-state index contributed by atoms with van der Waals surface area (Å²) in [5, 5.41) is 6.67. The SMILES string of the molecule is O=C1CCCCCCCCCCC2CCCCN2CCCNCCCCN1. The van der Waals surface area contributed by atoms with Gasteiger partial charge in [0.25, 0.3) is 0 Å². The quantitative estimate of drug-likeness (QED) is 0.645. The van der Waals surface area contributed by atoms with Crippen molar-refractivity contribution in [3.8, 4) is 0 Å². The molecule has 2 rings (SSSR count). The largest absolute Gasteiger partial charge is 0.356 e. The molecule has 0 aromatic carbocycles. The summed E-state index contributed by atoms with van der Waals surface area (Å²) in [6.07, 6.45) is 20.5. The van der Waals surface area contributed by atoms with Gasteiger partial charge in [-0.05, 0) is 71.1 Å². The van der Waals surface area contributed by atoms with Crippen LogP contribution in [0.3, 0.4) is 0 Å². The molecule has 2 aliphatic rings. The highest BCUT2D eigenvalue weighted by atomic mass is 16.1. The molecule has 1 atom stereocenters. The van der Waals surface area contributed by atoms with Gasteiger partial charge in [-0.25, -0.2) is 0 Å². The van der Waals surface area contributed by atoms with Crippen molar-refractivity contribution in [1.82, 2.24) is 15.5 Å². The highest BCUT2D eigenvalue weighted by molar-refractivity contribution is 5.75. The summed E-state index contributed by atoms with van der Waals surface area (Å²) in [5.41, 5.74) is 0. The molecule has 0 aromatic heterocycles. The van der Waals surface area contributed by atoms with Crippen LogP contribution in [-0.4, -0.2) is 49.6 Å². The van der Waals surface area contributed by atoms with E-state index in [1.54, 1.807) is 0 Å². The van der Waals surface area contributed by atoms with E-state index in [0.29, 0.717) is 0 Å². The molecule has 0 saturated carbocycles. The van der Waals surface area contributed by atoms with Crippen LogP contribution < -0.4 is 10.6 Å². The summed E-state index contributed by atoms with van der Waals surface area (Å²) in [5.74, 6) is 0.251. The van der Waals surface area contributed by atoms with E-state index >= 15 is 0 Å². The fourth-order valence-electron chi connectivity index (χ4n) is 4.63. The van der Waals surface area contributed by atoms with Crippen LogP contribution in [0.25, 0.3) is 0 Å². The summed E-state index contributed by atoms with van der Waals surface area (Å²) >= 11 is 0. The fourth-order valence-corrected chi connectivity index (χ4v) is 4.63. The van der Waals surface area contributed by atoms with Gasteiger partial charge >= 0.3 is 0 Å². The molecule has 4 heteroatoms. The number of fused-ring (bicyclic) bond motifs is 1. The number of carbonyl (C=O) groups is 1. The normalized spacial score (nSPS) is 27.6. The van der Waals surface area contributed by atoms with E-state index in [1.807, 2.05) is 0 Å². The maximum absolute atomic E-state index is 11.8. The van der Waals surface area contributed by atoms with Gasteiger partial charge in [-0.3, -0.25) is 4.79 Å². The van der Waals surface area contributed by atoms with E-state index in [4.69, 9.17) is 0 Å². The monoisotopic (exact) mass is 379 g/mol. The molecular formula is C23H45N3O. The Bertz CT molecular complexity index is 375. The number of hydrogen-bond acceptors (Lipinski definition) is 3. The lowest BCUT2D eigenvalue weighted by Gasteiger charge is -2.36. The van der Waals surface area contributed by atoms with Crippen LogP contribution in [-0.2, 0) is 4.79 Å². The summed E-state index contributed by atoms with van der Waals surface area (Å²) in [7, 11) is 0. The summed E-state index contributed by atoms with van der Waals surface area (Å²) in [6, 6.07) is 0.861. The zero-order valence-electron chi connectivity index (χ0n) is 17.8. The minimum atomic E-state index is 0.251. The second-order valence-electron chi connectivity index (χ2n) is 8.71. The van der Waals surface area contributed by atoms with Gasteiger partial charge in [0.05, 0.1) is 0 Å². The highest BCUT2D eigenvalue weighted by Gasteiger charge is 2.21. The van der Waals surface area contributed by atoms with Gasteiger partial charge in [-0.1, -0.05) is 51.4 Å². The average molecular weight is 380 g/mol. The van der Waals surface area contributed by atoms with E-state index in [9.17, 15) is 4.79 Å². The van der Waals surface area contributed by atoms with Crippen molar-refractivity contribution in [2.45, 2.75) is 109 Å². The van der Waals surface area contributed by atoms with Crippen LogP contribution in [0.15, 0.2) is 0 Å². The second kappa shape index (κ2) is 15.3. The zero-order chi connectivity index (χ0) is 19.0. The number of rotatable bonds is 0. The maximum atomic E-state index is 11.8. The molecule has 0 radical (unpaired) electrons. The van der Waals surface area contributed by atoms with Crippen molar-refractivity contribution in [3.63, 3.8) is 0 Å². The van der Waals surface area contributed by atoms with E-state index < -0.39 is 0 Å². The molecule has 2 N–H and O–H groups in total. The first kappa shape index (κ1) is 22.7. The molecule has 158 valence electrons. The third kappa shape index (κ3) is 11.1. The Kier molecular flexibility index (Phi) is 12.9. The van der Waals surface area contributed by atoms with Crippen molar-refractivity contribution in [2.75, 3.05) is 32.7 Å². The number of nitrogens with one attached hydrogen (secondary N) is 2. The molecule has 0 bridgehead atoms. The Labute approximate surface area is 168 Å². The van der Waals surface area contributed by atoms with Crippen molar-refractivity contribution < 1.29 is 4.79 Å². The van der Waals surface area contributed by atoms with Gasteiger partial charge < -0.3 is 15.5 Å². The molecule has 1 amide bonds. The molecule has 2 heterocycles. The topological polar surface area (TPSA) is 44.4 Å². The summed E-state index contributed by atoms with van der Waals surface area (Å²) in [4.78, 5) is 14.6. The van der Waals surface area contributed by atoms with E-state index in [1.165, 1.54) is 90.1 Å². The number of carbonyl (C=O) groups excluding carboxylic acids is 1. The highest BCUT2D eigenvalue weighted by Crippen LogP contribution is 2.22. The zero-order valence-corrected chi connectivity index (χ0v) is 17.8. The number of nitrogens with zero attached hydrogens (tertiary/aromatic N) is 1. The third-order valence-corrected chi connectivity index (χ3v) is 6.34. The van der Waals surface area contributed by atoms with Crippen molar-refractivity contribution in [2.24, 2.45) is 0 Å². The van der Waals surface area contributed by atoms with Crippen LogP contribution in [0.1, 0.15) is 103 Å². The molecule has 27 heavy (non-hydrogen) atoms. The smallest absolute Gasteiger partial charge is 0.219 e. The minimum Gasteiger partial charge on any atom is -0.356 e. The van der Waals surface area contributed by atoms with Gasteiger partial charge in [-0.15, -0.1) is 0 Å². The predicted molar refractivity (Wildman–Crippen MR) is 115 cm³/mol. The standard InChI is InChI=1S/C23H45N3O/c27-23-16-8-6-4-2-1-3-5-7-14-22-15-9-12-20-26(22)21-13-18-24-17-10-11-19-25-23/h22,24H,1-21H2,(H,25,27). The van der Waals surface area contributed by atoms with E-state index in [0.717, 1.165) is 51.4 Å². The molecule has 2 fully saturated rings. The fraction of sp³-hybridized carbons (Fsp3) is 0.957. The van der Waals surface area contributed by atoms with E-state index in [-0.39, 0.29) is 5.91 Å². The van der Waals surface area contributed by atoms with Gasteiger partial charge in [0.2, 0.25) is 5.91 Å². The van der Waals surface area contributed by atoms with Gasteiger partial charge in [-0.2, -0.15) is 0 Å². The Hall–Kier alpha value is -0.610. The van der Waals surface area contributed by atoms with Crippen LogP contribution in [0, 0.1) is 0 Å². The predicted octanol–water partition coefficient (Wildman–Crippen LogP) is 4.63. The number of hydrogen-bond donors (Lipinski definition) is 2. The molecule has 1 unspecified atom stereocenters. The average Bonchev–Trinajstić information content (AvgIpc) is 2.68. The maximum Gasteiger partial charge on any atom is 0.219 e. The minimum absolute atomic E-state index is 0.251. The first-order chi connectivity index (χ1) is 13.4. The lowest BCUT2D eigenvalue weighted by atomic mass is 9.96. The third-order valence-electron chi connectivity index (χ3n) is 6.34. The molecule has 2 aliphatic heterocycles. The molecule has 0 aromatic rings. The molecule has 0 spiro atoms. The second-order valence-corrected chi connectivity index (χ2v) is 8.71. The Morgan fingerprint density at radius 3 is 2.04 bits per heavy atom. The Morgan fingerprint density at radius 2 is 1.22 bits per heavy atom. The van der Waals surface area contributed by atoms with Crippen molar-refractivity contribution in [3.05, 3.63) is 0 Å². The van der Waals surface area contributed by atoms with Gasteiger partial charge in [0.15, 0.2) is 0 Å². The van der Waals surface area contributed by atoms with Crippen LogP contribution >= 0.6 is 0 Å². The molecule has 2 saturated heterocycles. The van der Waals surface area contributed by atoms with Crippen molar-refractivity contribution >= 4 is 5.91 Å². The Balaban J connectivity index is 1.67. The number of piperidine rings is 1. The van der Waals surface area contributed by atoms with Gasteiger partial charge in [0.1, 0.15) is 0 Å². The lowest BCUT2D eigenvalue weighted by Crippen LogP contribution is -2.40. The first-order valence-electron chi connectivity index (χ1n) is 12.1. The van der Waals surface area contributed by atoms with Gasteiger partial charge in [0, 0.05) is 19.0 Å². The van der Waals surface area contributed by atoms with Crippen LogP contribution in [0.4, 0.5) is 0 Å². The Morgan fingerprint density at radius 1 is 0.630 bits per heavy atom. The molecule has 4 nitrogen and oxygen atoms in total. The van der Waals surface area contributed by atoms with Crippen molar-refractivity contribution in [1.29, 1.82) is 0 Å².